The van der Waals surface area contributed by atoms with E-state index in [-0.39, 0.29) is 41.5 Å². The molecule has 8 nitrogen and oxygen atoms in total. The molecule has 9 heteroatoms. The van der Waals surface area contributed by atoms with Crippen molar-refractivity contribution in [2.75, 3.05) is 71.1 Å². The van der Waals surface area contributed by atoms with Crippen molar-refractivity contribution >= 4 is 17.3 Å². The van der Waals surface area contributed by atoms with Crippen LogP contribution in [0.5, 0.6) is 11.5 Å². The van der Waals surface area contributed by atoms with E-state index in [2.05, 4.69) is 36.6 Å². The van der Waals surface area contributed by atoms with Gasteiger partial charge in [0.05, 0.1) is 37.5 Å². The highest BCUT2D eigenvalue weighted by Crippen LogP contribution is 2.59. The molecule has 2 aromatic carbocycles. The Morgan fingerprint density at radius 1 is 1.02 bits per heavy atom. The number of rotatable bonds is 11. The highest BCUT2D eigenvalue weighted by molar-refractivity contribution is 6.07. The summed E-state index contributed by atoms with van der Waals surface area (Å²) in [6, 6.07) is 8.02. The molecular formula is C33H45FN4O4. The van der Waals surface area contributed by atoms with Crippen LogP contribution in [0.3, 0.4) is 0 Å². The molecule has 0 unspecified atom stereocenters. The number of carbonyl (C=O) groups is 1. The number of halogens is 1. The first-order valence-electron chi connectivity index (χ1n) is 15.2. The Balaban J connectivity index is 1.43. The average molecular weight is 581 g/mol. The van der Waals surface area contributed by atoms with E-state index in [1.54, 1.807) is 18.9 Å². The van der Waals surface area contributed by atoms with Crippen molar-refractivity contribution in [3.8, 4) is 11.5 Å². The SMILES string of the molecule is CCOc1cc2c(c(F)c1OCC)C(=N)N(CC(=O)c1cc(N3CCN(CCOC)CC3)cc(C(C)(C)C)c1)C21CC1. The topological polar surface area (TPSA) is 78.3 Å². The minimum Gasteiger partial charge on any atom is -0.490 e. The van der Waals surface area contributed by atoms with Gasteiger partial charge in [-0.05, 0) is 67.5 Å². The Labute approximate surface area is 249 Å². The van der Waals surface area contributed by atoms with Crippen molar-refractivity contribution in [3.63, 3.8) is 0 Å². The van der Waals surface area contributed by atoms with E-state index in [1.807, 2.05) is 25.1 Å². The molecule has 2 fully saturated rings. The first-order valence-corrected chi connectivity index (χ1v) is 15.2. The lowest BCUT2D eigenvalue weighted by Crippen LogP contribution is -2.47. The smallest absolute Gasteiger partial charge is 0.197 e. The Morgan fingerprint density at radius 2 is 1.71 bits per heavy atom. The van der Waals surface area contributed by atoms with E-state index in [0.29, 0.717) is 17.9 Å². The third kappa shape index (κ3) is 5.61. The van der Waals surface area contributed by atoms with Crippen molar-refractivity contribution in [1.29, 1.82) is 5.41 Å². The zero-order chi connectivity index (χ0) is 30.2. The molecule has 0 radical (unpaired) electrons. The summed E-state index contributed by atoms with van der Waals surface area (Å²) in [5.41, 5.74) is 3.02. The Morgan fingerprint density at radius 3 is 2.31 bits per heavy atom. The Hall–Kier alpha value is -3.17. The minimum atomic E-state index is -0.578. The molecule has 0 amide bonds. The van der Waals surface area contributed by atoms with Crippen LogP contribution in [0.25, 0.3) is 0 Å². The monoisotopic (exact) mass is 580 g/mol. The lowest BCUT2D eigenvalue weighted by atomic mass is 9.85. The van der Waals surface area contributed by atoms with E-state index < -0.39 is 11.4 Å². The highest BCUT2D eigenvalue weighted by atomic mass is 19.1. The molecule has 1 saturated carbocycles. The lowest BCUT2D eigenvalue weighted by Gasteiger charge is -2.37. The number of benzene rings is 2. The number of anilines is 1. The van der Waals surface area contributed by atoms with Gasteiger partial charge in [-0.3, -0.25) is 15.1 Å². The lowest BCUT2D eigenvalue weighted by molar-refractivity contribution is 0.0943. The first-order chi connectivity index (χ1) is 20.0. The molecular weight excluding hydrogens is 535 g/mol. The van der Waals surface area contributed by atoms with Gasteiger partial charge >= 0.3 is 0 Å². The van der Waals surface area contributed by atoms with Crippen LogP contribution in [0.4, 0.5) is 10.1 Å². The number of fused-ring (bicyclic) bond motifs is 2. The number of carbonyl (C=O) groups excluding carboxylic acids is 1. The normalized spacial score (nSPS) is 18.0. The fourth-order valence-corrected chi connectivity index (χ4v) is 6.20. The zero-order valence-electron chi connectivity index (χ0n) is 25.9. The summed E-state index contributed by atoms with van der Waals surface area (Å²) in [6.45, 7) is 16.1. The molecule has 1 spiro atoms. The molecule has 2 aromatic rings. The van der Waals surface area contributed by atoms with Crippen LogP contribution in [0.15, 0.2) is 24.3 Å². The molecule has 0 aromatic heterocycles. The van der Waals surface area contributed by atoms with Gasteiger partial charge in [0.25, 0.3) is 0 Å². The molecule has 1 N–H and O–H groups in total. The number of nitrogens with zero attached hydrogens (tertiary/aromatic N) is 3. The maximum Gasteiger partial charge on any atom is 0.197 e. The van der Waals surface area contributed by atoms with Crippen LogP contribution in [0.2, 0.25) is 0 Å². The van der Waals surface area contributed by atoms with Gasteiger partial charge in [0, 0.05) is 51.1 Å². The molecule has 1 aliphatic carbocycles. The van der Waals surface area contributed by atoms with E-state index in [4.69, 9.17) is 19.6 Å². The van der Waals surface area contributed by atoms with Gasteiger partial charge in [-0.1, -0.05) is 20.8 Å². The third-order valence-electron chi connectivity index (χ3n) is 8.78. The average Bonchev–Trinajstić information content (AvgIpc) is 3.73. The van der Waals surface area contributed by atoms with Crippen LogP contribution in [0, 0.1) is 11.2 Å². The maximum atomic E-state index is 15.9. The zero-order valence-corrected chi connectivity index (χ0v) is 25.9. The quantitative estimate of drug-likeness (QED) is 0.366. The number of piperazine rings is 1. The van der Waals surface area contributed by atoms with Gasteiger partial charge in [-0.25, -0.2) is 4.39 Å². The number of ketones is 1. The molecule has 2 aliphatic heterocycles. The second-order valence-corrected chi connectivity index (χ2v) is 12.5. The number of hydrogen-bond donors (Lipinski definition) is 1. The van der Waals surface area contributed by atoms with Crippen molar-refractivity contribution < 1.29 is 23.4 Å². The van der Waals surface area contributed by atoms with Crippen LogP contribution < -0.4 is 14.4 Å². The van der Waals surface area contributed by atoms with E-state index >= 15 is 4.39 Å². The van der Waals surface area contributed by atoms with Gasteiger partial charge in [-0.2, -0.15) is 0 Å². The van der Waals surface area contributed by atoms with E-state index in [1.165, 1.54) is 0 Å². The predicted molar refractivity (Wildman–Crippen MR) is 163 cm³/mol. The van der Waals surface area contributed by atoms with Crippen molar-refractivity contribution in [1.82, 2.24) is 9.80 Å². The summed E-state index contributed by atoms with van der Waals surface area (Å²) in [6.07, 6.45) is 1.52. The Bertz CT molecular complexity index is 1340. The summed E-state index contributed by atoms with van der Waals surface area (Å²) >= 11 is 0. The molecule has 42 heavy (non-hydrogen) atoms. The number of amidine groups is 1. The van der Waals surface area contributed by atoms with Crippen LogP contribution >= 0.6 is 0 Å². The van der Waals surface area contributed by atoms with Gasteiger partial charge in [0.2, 0.25) is 0 Å². The fourth-order valence-electron chi connectivity index (χ4n) is 6.20. The van der Waals surface area contributed by atoms with Gasteiger partial charge in [-0.15, -0.1) is 0 Å². The highest BCUT2D eigenvalue weighted by Gasteiger charge is 2.58. The largest absolute Gasteiger partial charge is 0.490 e. The fraction of sp³-hybridized carbons (Fsp3) is 0.576. The van der Waals surface area contributed by atoms with E-state index in [0.717, 1.165) is 69.0 Å². The molecule has 3 aliphatic rings. The molecule has 2 heterocycles. The Kier molecular flexibility index (Phi) is 8.54. The van der Waals surface area contributed by atoms with Crippen molar-refractivity contribution in [2.24, 2.45) is 0 Å². The maximum absolute atomic E-state index is 15.9. The summed E-state index contributed by atoms with van der Waals surface area (Å²) in [5.74, 6) is -0.216. The molecule has 1 saturated heterocycles. The number of methoxy groups -OCH3 is 1. The second kappa shape index (κ2) is 11.8. The second-order valence-electron chi connectivity index (χ2n) is 12.5. The number of Topliss-reactive ketones (excluding diaryl/α,β-unsaturated/α-hetero) is 1. The van der Waals surface area contributed by atoms with E-state index in [9.17, 15) is 4.79 Å². The van der Waals surface area contributed by atoms with Gasteiger partial charge in [0.15, 0.2) is 23.1 Å². The number of ether oxygens (including phenoxy) is 3. The first kappa shape index (κ1) is 30.3. The summed E-state index contributed by atoms with van der Waals surface area (Å²) in [5, 5.41) is 9.01. The standard InChI is InChI=1S/C33H45FN4O4/c1-7-41-27-20-25-28(29(34)30(27)42-8-2)31(35)38(33(25)9-10-33)21-26(39)22-17-23(32(3,4)5)19-24(18-22)37-13-11-36(12-14-37)15-16-40-6/h17-20,35H,7-16,21H2,1-6H3. The minimum absolute atomic E-state index is 0.0126. The van der Waals surface area contributed by atoms with Gasteiger partial charge in [0.1, 0.15) is 5.84 Å². The predicted octanol–water partition coefficient (Wildman–Crippen LogP) is 5.20. The van der Waals surface area contributed by atoms with Crippen LogP contribution in [-0.4, -0.2) is 87.6 Å². The van der Waals surface area contributed by atoms with Crippen LogP contribution in [0.1, 0.15) is 74.5 Å². The van der Waals surface area contributed by atoms with Crippen molar-refractivity contribution in [2.45, 2.75) is 58.4 Å². The van der Waals surface area contributed by atoms with Gasteiger partial charge < -0.3 is 24.0 Å². The summed E-state index contributed by atoms with van der Waals surface area (Å²) in [7, 11) is 1.73. The molecule has 5 rings (SSSR count). The molecule has 0 bridgehead atoms. The van der Waals surface area contributed by atoms with Crippen LogP contribution in [-0.2, 0) is 15.7 Å². The molecule has 0 atom stereocenters. The van der Waals surface area contributed by atoms with Crippen molar-refractivity contribution in [3.05, 3.63) is 52.3 Å². The third-order valence-corrected chi connectivity index (χ3v) is 8.78. The molecule has 228 valence electrons. The summed E-state index contributed by atoms with van der Waals surface area (Å²) < 4.78 is 32.5. The number of nitrogens with one attached hydrogen (secondary N) is 1. The number of hydrogen-bond acceptors (Lipinski definition) is 7. The summed E-state index contributed by atoms with van der Waals surface area (Å²) in [4.78, 5) is 20.6.